The van der Waals surface area contributed by atoms with Crippen molar-refractivity contribution in [3.8, 4) is 11.8 Å². The molecule has 1 atom stereocenters. The molecule has 29 heavy (non-hydrogen) atoms. The Morgan fingerprint density at radius 3 is 2.52 bits per heavy atom. The zero-order valence-electron chi connectivity index (χ0n) is 17.7. The number of piperidine rings is 1. The summed E-state index contributed by atoms with van der Waals surface area (Å²) in [6.07, 6.45) is 4.55. The number of aromatic amines is 1. The molecule has 0 radical (unpaired) electrons. The average molecular weight is 416 g/mol. The first-order valence-electron chi connectivity index (χ1n) is 10.1. The Kier molecular flexibility index (Phi) is 6.78. The van der Waals surface area contributed by atoms with E-state index in [0.717, 1.165) is 35.7 Å². The summed E-state index contributed by atoms with van der Waals surface area (Å²) in [4.78, 5) is 2.61. The lowest BCUT2D eigenvalue weighted by Gasteiger charge is -2.28. The number of aromatic nitrogens is 2. The van der Waals surface area contributed by atoms with Crippen molar-refractivity contribution in [2.45, 2.75) is 44.4 Å². The van der Waals surface area contributed by atoms with Crippen LogP contribution in [0.2, 0.25) is 0 Å². The number of rotatable bonds is 5. The second-order valence-electron chi connectivity index (χ2n) is 7.97. The first kappa shape index (κ1) is 21.6. The fourth-order valence-electron chi connectivity index (χ4n) is 3.68. The van der Waals surface area contributed by atoms with Crippen LogP contribution in [0.1, 0.15) is 42.6 Å². The largest absolute Gasteiger partial charge is 0.588 e. The Labute approximate surface area is 175 Å². The highest BCUT2D eigenvalue weighted by atomic mass is 32.3. The second-order valence-corrected chi connectivity index (χ2v) is 9.66. The summed E-state index contributed by atoms with van der Waals surface area (Å²) in [6, 6.07) is 6.77. The monoisotopic (exact) mass is 415 g/mol. The molecule has 7 heteroatoms. The molecule has 2 heterocycles. The van der Waals surface area contributed by atoms with Crippen molar-refractivity contribution in [2.24, 2.45) is 13.0 Å². The van der Waals surface area contributed by atoms with Crippen molar-refractivity contribution in [3.63, 3.8) is 0 Å². The van der Waals surface area contributed by atoms with Gasteiger partial charge in [-0.1, -0.05) is 16.0 Å². The van der Waals surface area contributed by atoms with Crippen LogP contribution in [-0.2, 0) is 21.7 Å². The topological polar surface area (TPSA) is 75.1 Å². The minimum absolute atomic E-state index is 0.233. The van der Waals surface area contributed by atoms with Gasteiger partial charge in [0.25, 0.3) is 0 Å². The van der Waals surface area contributed by atoms with Crippen molar-refractivity contribution in [1.82, 2.24) is 10.00 Å². The number of hydrogen-bond donors (Lipinski definition) is 2. The SMILES string of the molecule is Cc1[nH][n+](C)c(C)c1N[S+](=O)([O-])c1ccc(C#CCCC2CCN(C)CC2)cc1. The Bertz CT molecular complexity index is 948. The quantitative estimate of drug-likeness (QED) is 0.448. The van der Waals surface area contributed by atoms with E-state index in [9.17, 15) is 8.76 Å². The van der Waals surface area contributed by atoms with Gasteiger partial charge in [0.2, 0.25) is 5.69 Å². The first-order chi connectivity index (χ1) is 13.8. The molecule has 1 saturated heterocycles. The number of likely N-dealkylation sites (tertiary alicyclic amines) is 1. The number of nitrogens with one attached hydrogen (secondary N) is 2. The smallest absolute Gasteiger partial charge is 0.231 e. The number of aryl methyl sites for hydroxylation is 2. The molecule has 156 valence electrons. The minimum atomic E-state index is -3.64. The third-order valence-electron chi connectivity index (χ3n) is 5.72. The molecule has 1 unspecified atom stereocenters. The van der Waals surface area contributed by atoms with Crippen LogP contribution in [0.5, 0.6) is 0 Å². The zero-order valence-corrected chi connectivity index (χ0v) is 18.6. The van der Waals surface area contributed by atoms with Crippen molar-refractivity contribution in [1.29, 1.82) is 0 Å². The minimum Gasteiger partial charge on any atom is -0.588 e. The van der Waals surface area contributed by atoms with Gasteiger partial charge < -0.3 is 9.45 Å². The molecule has 1 fully saturated rings. The van der Waals surface area contributed by atoms with Gasteiger partial charge in [-0.15, -0.1) is 4.68 Å². The maximum Gasteiger partial charge on any atom is 0.231 e. The van der Waals surface area contributed by atoms with Gasteiger partial charge in [-0.2, -0.15) is 9.82 Å². The number of benzene rings is 1. The molecule has 0 aliphatic carbocycles. The van der Waals surface area contributed by atoms with Crippen molar-refractivity contribution < 1.29 is 13.4 Å². The van der Waals surface area contributed by atoms with Gasteiger partial charge in [-0.3, -0.25) is 0 Å². The number of H-pyrrole nitrogens is 1. The molecule has 0 amide bonds. The maximum absolute atomic E-state index is 12.7. The molecule has 1 aromatic carbocycles. The molecule has 1 aromatic heterocycles. The van der Waals surface area contributed by atoms with E-state index in [1.807, 2.05) is 20.9 Å². The molecule has 0 saturated carbocycles. The molecule has 3 rings (SSSR count). The lowest BCUT2D eigenvalue weighted by Crippen LogP contribution is -2.33. The summed E-state index contributed by atoms with van der Waals surface area (Å²) < 4.78 is 29.9. The lowest BCUT2D eigenvalue weighted by molar-refractivity contribution is -0.732. The van der Waals surface area contributed by atoms with Crippen LogP contribution in [0, 0.1) is 31.6 Å². The number of sulfonamides is 1. The average Bonchev–Trinajstić information content (AvgIpc) is 2.93. The number of nitrogens with zero attached hydrogens (tertiary/aromatic N) is 2. The predicted molar refractivity (Wildman–Crippen MR) is 115 cm³/mol. The van der Waals surface area contributed by atoms with Crippen LogP contribution in [-0.4, -0.2) is 34.7 Å². The molecule has 6 nitrogen and oxygen atoms in total. The van der Waals surface area contributed by atoms with Crippen LogP contribution in [0.4, 0.5) is 5.69 Å². The summed E-state index contributed by atoms with van der Waals surface area (Å²) in [5.74, 6) is 7.18. The van der Waals surface area contributed by atoms with Crippen LogP contribution in [0.15, 0.2) is 29.2 Å². The third kappa shape index (κ3) is 5.47. The Hall–Kier alpha value is -2.14. The van der Waals surface area contributed by atoms with E-state index in [1.165, 1.54) is 25.9 Å². The van der Waals surface area contributed by atoms with Crippen LogP contribution >= 0.6 is 0 Å². The predicted octanol–water partition coefficient (Wildman–Crippen LogP) is 2.95. The lowest BCUT2D eigenvalue weighted by atomic mass is 9.92. The van der Waals surface area contributed by atoms with Crippen molar-refractivity contribution in [2.75, 3.05) is 24.9 Å². The molecule has 2 N–H and O–H groups in total. The van der Waals surface area contributed by atoms with E-state index in [4.69, 9.17) is 0 Å². The fraction of sp³-hybridized carbons (Fsp3) is 0.500. The van der Waals surface area contributed by atoms with E-state index in [2.05, 4.69) is 33.6 Å². The number of hydrogen-bond acceptors (Lipinski definition) is 3. The highest BCUT2D eigenvalue weighted by molar-refractivity contribution is 7.99. The van der Waals surface area contributed by atoms with Crippen molar-refractivity contribution >= 4 is 16.1 Å². The highest BCUT2D eigenvalue weighted by Gasteiger charge is 2.26. The molecule has 0 spiro atoms. The van der Waals surface area contributed by atoms with E-state index < -0.39 is 10.4 Å². The Balaban J connectivity index is 1.59. The normalized spacial score (nSPS) is 17.4. The van der Waals surface area contributed by atoms with Crippen molar-refractivity contribution in [3.05, 3.63) is 41.2 Å². The van der Waals surface area contributed by atoms with E-state index in [0.29, 0.717) is 5.69 Å². The van der Waals surface area contributed by atoms with Gasteiger partial charge in [0.15, 0.2) is 28.0 Å². The van der Waals surface area contributed by atoms with Gasteiger partial charge in [0, 0.05) is 18.9 Å². The second kappa shape index (κ2) is 9.12. The fourth-order valence-corrected chi connectivity index (χ4v) is 4.86. The van der Waals surface area contributed by atoms with E-state index >= 15 is 0 Å². The Morgan fingerprint density at radius 1 is 1.28 bits per heavy atom. The van der Waals surface area contributed by atoms with Gasteiger partial charge >= 0.3 is 0 Å². The first-order valence-corrected chi connectivity index (χ1v) is 11.6. The highest BCUT2D eigenvalue weighted by Crippen LogP contribution is 2.24. The van der Waals surface area contributed by atoms with E-state index in [1.54, 1.807) is 28.9 Å². The van der Waals surface area contributed by atoms with Gasteiger partial charge in [-0.25, -0.2) is 0 Å². The molecule has 1 aliphatic rings. The van der Waals surface area contributed by atoms with Gasteiger partial charge in [0.1, 0.15) is 5.69 Å². The standard InChI is InChI=1S/C22H30N4O2S/c1-17-22(18(2)26(4)23-17)24-29(27,28)21-11-9-19(10-12-21)7-5-6-8-20-13-15-25(3)16-14-20/h9-12,20H,6,8,13-16H2,1-4H3,(H-,24,27,28)/p+1. The van der Waals surface area contributed by atoms with Crippen LogP contribution in [0.25, 0.3) is 0 Å². The third-order valence-corrected chi connectivity index (χ3v) is 7.09. The van der Waals surface area contributed by atoms with Crippen LogP contribution in [0.3, 0.4) is 0 Å². The summed E-state index contributed by atoms with van der Waals surface area (Å²) in [5, 5.41) is 3.08. The summed E-state index contributed by atoms with van der Waals surface area (Å²) in [5.41, 5.74) is 3.04. The summed E-state index contributed by atoms with van der Waals surface area (Å²) in [6.45, 7) is 6.07. The Morgan fingerprint density at radius 2 is 1.93 bits per heavy atom. The summed E-state index contributed by atoms with van der Waals surface area (Å²) in [7, 11) is 0.383. The number of anilines is 1. The zero-order chi connectivity index (χ0) is 21.0. The molecule has 2 aromatic rings. The molecule has 1 aliphatic heterocycles. The molecule has 0 bridgehead atoms. The van der Waals surface area contributed by atoms with Gasteiger partial charge in [-0.05, 0) is 76.5 Å². The molecular weight excluding hydrogens is 384 g/mol. The maximum atomic E-state index is 12.7. The van der Waals surface area contributed by atoms with Crippen LogP contribution < -0.4 is 9.40 Å². The van der Waals surface area contributed by atoms with E-state index in [-0.39, 0.29) is 4.90 Å². The molecular formula is C22H31N4O2S+. The van der Waals surface area contributed by atoms with Gasteiger partial charge in [0.05, 0.1) is 0 Å². The summed E-state index contributed by atoms with van der Waals surface area (Å²) >= 11 is 0.